The number of carboxylic acid groups (broad SMARTS) is 1. The molecule has 0 aromatic heterocycles. The van der Waals surface area contributed by atoms with Crippen LogP contribution < -0.4 is 5.73 Å². The summed E-state index contributed by atoms with van der Waals surface area (Å²) in [6.07, 6.45) is 4.30. The molecule has 2 amide bonds. The van der Waals surface area contributed by atoms with Gasteiger partial charge in [0.15, 0.2) is 0 Å². The lowest BCUT2D eigenvalue weighted by atomic mass is 9.90. The van der Waals surface area contributed by atoms with Gasteiger partial charge in [-0.25, -0.2) is 4.79 Å². The molecule has 2 heterocycles. The Morgan fingerprint density at radius 3 is 2.00 bits per heavy atom. The van der Waals surface area contributed by atoms with Gasteiger partial charge in [0.25, 0.3) is 0 Å². The lowest BCUT2D eigenvalue weighted by molar-refractivity contribution is -0.156. The molecule has 4 atom stereocenters. The fourth-order valence-electron chi connectivity index (χ4n) is 5.95. The average Bonchev–Trinajstić information content (AvgIpc) is 3.43. The maximum atomic E-state index is 13.9. The highest BCUT2D eigenvalue weighted by atomic mass is 16.4. The van der Waals surface area contributed by atoms with Crippen molar-refractivity contribution in [2.24, 2.45) is 11.7 Å². The van der Waals surface area contributed by atoms with Crippen LogP contribution in [0.1, 0.15) is 56.1 Å². The van der Waals surface area contributed by atoms with E-state index in [4.69, 9.17) is 5.73 Å². The second-order valence-electron chi connectivity index (χ2n) is 10.9. The van der Waals surface area contributed by atoms with Crippen molar-refractivity contribution in [1.82, 2.24) is 9.80 Å². The first-order valence-corrected chi connectivity index (χ1v) is 14.0. The predicted octanol–water partition coefficient (Wildman–Crippen LogP) is 3.22. The minimum atomic E-state index is -1.00. The van der Waals surface area contributed by atoms with Gasteiger partial charge >= 0.3 is 5.97 Å². The van der Waals surface area contributed by atoms with Crippen molar-refractivity contribution in [1.29, 1.82) is 0 Å². The molecule has 8 nitrogen and oxygen atoms in total. The predicted molar refractivity (Wildman–Crippen MR) is 148 cm³/mol. The van der Waals surface area contributed by atoms with Crippen LogP contribution in [0.2, 0.25) is 0 Å². The first-order chi connectivity index (χ1) is 18.8. The number of likely N-dealkylation sites (tertiary alicyclic amines) is 2. The lowest BCUT2D eigenvalue weighted by Crippen LogP contribution is -2.55. The van der Waals surface area contributed by atoms with Crippen LogP contribution >= 0.6 is 0 Å². The Bertz CT molecular complexity index is 1140. The fraction of sp³-hybridized carbons (Fsp3) is 0.484. The van der Waals surface area contributed by atoms with Crippen molar-refractivity contribution in [2.75, 3.05) is 13.1 Å². The fourth-order valence-corrected chi connectivity index (χ4v) is 5.95. The molecular weight excluding hydrogens is 494 g/mol. The molecule has 2 aliphatic rings. The highest BCUT2D eigenvalue weighted by molar-refractivity contribution is 5.93. The number of ketones is 1. The minimum Gasteiger partial charge on any atom is -0.480 e. The Hall–Kier alpha value is -3.52. The second-order valence-corrected chi connectivity index (χ2v) is 10.9. The molecular formula is C31H39N3O5. The smallest absolute Gasteiger partial charge is 0.326 e. The number of carbonyl (C=O) groups is 4. The number of hydrogen-bond donors (Lipinski definition) is 2. The van der Waals surface area contributed by atoms with Gasteiger partial charge in [0.2, 0.25) is 11.8 Å². The van der Waals surface area contributed by atoms with Gasteiger partial charge in [-0.3, -0.25) is 14.4 Å². The quantitative estimate of drug-likeness (QED) is 0.458. The largest absolute Gasteiger partial charge is 0.480 e. The standard InChI is InChI=1S/C31H39N3O5/c32-25(19-23-12-5-2-6-13-23)21-26(35)20-24(18-22-10-3-1-4-11-22)29(36)33-17-9-15-27(33)30(37)34-16-8-7-14-28(34)31(38)39/h1-6,10-13,24-25,27-28H,7-9,14-21,32H2,(H,38,39). The summed E-state index contributed by atoms with van der Waals surface area (Å²) in [4.78, 5) is 55.5. The van der Waals surface area contributed by atoms with Crippen LogP contribution in [0.5, 0.6) is 0 Å². The van der Waals surface area contributed by atoms with Gasteiger partial charge in [0, 0.05) is 37.9 Å². The van der Waals surface area contributed by atoms with Crippen molar-refractivity contribution in [3.05, 3.63) is 71.8 Å². The maximum Gasteiger partial charge on any atom is 0.326 e. The zero-order valence-electron chi connectivity index (χ0n) is 22.4. The lowest BCUT2D eigenvalue weighted by Gasteiger charge is -2.37. The van der Waals surface area contributed by atoms with Gasteiger partial charge in [-0.2, -0.15) is 0 Å². The number of benzene rings is 2. The van der Waals surface area contributed by atoms with E-state index in [0.29, 0.717) is 45.2 Å². The number of aliphatic carboxylic acids is 1. The van der Waals surface area contributed by atoms with Gasteiger partial charge in [-0.05, 0) is 56.1 Å². The summed E-state index contributed by atoms with van der Waals surface area (Å²) in [6, 6.07) is 17.5. The normalized spacial score (nSPS) is 20.8. The van der Waals surface area contributed by atoms with Crippen LogP contribution in [0.15, 0.2) is 60.7 Å². The average molecular weight is 534 g/mol. The van der Waals surface area contributed by atoms with E-state index >= 15 is 0 Å². The first kappa shape index (κ1) is 28.5. The maximum absolute atomic E-state index is 13.9. The van der Waals surface area contributed by atoms with E-state index in [-0.39, 0.29) is 36.5 Å². The molecule has 39 heavy (non-hydrogen) atoms. The zero-order chi connectivity index (χ0) is 27.8. The van der Waals surface area contributed by atoms with Gasteiger partial charge in [-0.1, -0.05) is 60.7 Å². The van der Waals surface area contributed by atoms with Crippen molar-refractivity contribution < 1.29 is 24.3 Å². The summed E-state index contributed by atoms with van der Waals surface area (Å²) in [5.41, 5.74) is 8.31. The number of piperidine rings is 1. The number of nitrogens with zero attached hydrogens (tertiary/aromatic N) is 2. The summed E-state index contributed by atoms with van der Waals surface area (Å²) in [5.74, 6) is -2.20. The van der Waals surface area contributed by atoms with Crippen LogP contribution in [0.4, 0.5) is 0 Å². The number of nitrogens with two attached hydrogens (primary N) is 1. The van der Waals surface area contributed by atoms with Crippen molar-refractivity contribution in [2.45, 2.75) is 75.9 Å². The third-order valence-corrected chi connectivity index (χ3v) is 7.87. The Balaban J connectivity index is 1.47. The van der Waals surface area contributed by atoms with E-state index in [2.05, 4.69) is 0 Å². The van der Waals surface area contributed by atoms with Crippen molar-refractivity contribution >= 4 is 23.6 Å². The number of Topliss-reactive ketones (excluding diaryl/α,β-unsaturated/α-hetero) is 1. The van der Waals surface area contributed by atoms with Crippen LogP contribution in [0.3, 0.4) is 0 Å². The molecule has 4 rings (SSSR count). The molecule has 0 spiro atoms. The summed E-state index contributed by atoms with van der Waals surface area (Å²) >= 11 is 0. The molecule has 0 radical (unpaired) electrons. The zero-order valence-corrected chi connectivity index (χ0v) is 22.4. The molecule has 8 heteroatoms. The number of carboxylic acids is 1. The molecule has 0 bridgehead atoms. The highest BCUT2D eigenvalue weighted by Gasteiger charge is 2.42. The minimum absolute atomic E-state index is 0.0507. The third-order valence-electron chi connectivity index (χ3n) is 7.87. The topological polar surface area (TPSA) is 121 Å². The Morgan fingerprint density at radius 1 is 0.769 bits per heavy atom. The van der Waals surface area contributed by atoms with Gasteiger partial charge in [-0.15, -0.1) is 0 Å². The molecule has 2 aromatic carbocycles. The van der Waals surface area contributed by atoms with E-state index in [1.54, 1.807) is 4.90 Å². The first-order valence-electron chi connectivity index (χ1n) is 14.0. The number of hydrogen-bond acceptors (Lipinski definition) is 5. The van der Waals surface area contributed by atoms with E-state index in [1.165, 1.54) is 4.90 Å². The summed E-state index contributed by atoms with van der Waals surface area (Å²) in [7, 11) is 0. The number of amides is 2. The third kappa shape index (κ3) is 7.53. The van der Waals surface area contributed by atoms with Crippen LogP contribution in [-0.4, -0.2) is 69.7 Å². The van der Waals surface area contributed by atoms with E-state index < -0.39 is 24.0 Å². The SMILES string of the molecule is NC(CC(=O)CC(Cc1ccccc1)C(=O)N1CCCC1C(=O)N1CCCCC1C(=O)O)Cc1ccccc1. The molecule has 3 N–H and O–H groups in total. The van der Waals surface area contributed by atoms with Crippen LogP contribution in [0, 0.1) is 5.92 Å². The van der Waals surface area contributed by atoms with E-state index in [0.717, 1.165) is 24.0 Å². The van der Waals surface area contributed by atoms with Crippen LogP contribution in [0.25, 0.3) is 0 Å². The molecule has 0 saturated carbocycles. The molecule has 4 unspecified atom stereocenters. The summed E-state index contributed by atoms with van der Waals surface area (Å²) in [6.45, 7) is 0.813. The Kier molecular flexibility index (Phi) is 9.87. The van der Waals surface area contributed by atoms with Crippen molar-refractivity contribution in [3.63, 3.8) is 0 Å². The molecule has 2 fully saturated rings. The second kappa shape index (κ2) is 13.5. The monoisotopic (exact) mass is 533 g/mol. The van der Waals surface area contributed by atoms with E-state index in [9.17, 15) is 24.3 Å². The Labute approximate surface area is 230 Å². The molecule has 2 aromatic rings. The van der Waals surface area contributed by atoms with Crippen LogP contribution in [-0.2, 0) is 32.0 Å². The van der Waals surface area contributed by atoms with E-state index in [1.807, 2.05) is 60.7 Å². The molecule has 2 aliphatic heterocycles. The number of carbonyl (C=O) groups excluding carboxylic acids is 3. The number of rotatable bonds is 11. The summed E-state index contributed by atoms with van der Waals surface area (Å²) in [5, 5.41) is 9.67. The van der Waals surface area contributed by atoms with Crippen molar-refractivity contribution in [3.8, 4) is 0 Å². The van der Waals surface area contributed by atoms with Gasteiger partial charge < -0.3 is 20.6 Å². The summed E-state index contributed by atoms with van der Waals surface area (Å²) < 4.78 is 0. The molecule has 208 valence electrons. The molecule has 2 saturated heterocycles. The Morgan fingerprint density at radius 2 is 1.36 bits per heavy atom. The van der Waals surface area contributed by atoms with Gasteiger partial charge in [0.1, 0.15) is 17.9 Å². The van der Waals surface area contributed by atoms with Gasteiger partial charge in [0.05, 0.1) is 0 Å². The molecule has 0 aliphatic carbocycles. The highest BCUT2D eigenvalue weighted by Crippen LogP contribution is 2.28.